The molecule has 27 heavy (non-hydrogen) atoms. The van der Waals surface area contributed by atoms with Crippen molar-refractivity contribution >= 4 is 37.2 Å². The number of primary sulfonamides is 1. The average Bonchev–Trinajstić information content (AvgIpc) is 3.04. The lowest BCUT2D eigenvalue weighted by Crippen LogP contribution is -2.29. The highest BCUT2D eigenvalue weighted by Crippen LogP contribution is 2.25. The van der Waals surface area contributed by atoms with Crippen LogP contribution in [0.2, 0.25) is 0 Å². The molecule has 1 aromatic rings. The Kier molecular flexibility index (Phi) is 5.84. The van der Waals surface area contributed by atoms with Crippen LogP contribution in [0.4, 0.5) is 0 Å². The maximum atomic E-state index is 11.8. The molecule has 0 aromatic carbocycles. The normalized spacial score (nSPS) is 20.0. The van der Waals surface area contributed by atoms with Gasteiger partial charge in [0, 0.05) is 5.38 Å². The number of ether oxygens (including phenoxy) is 1. The van der Waals surface area contributed by atoms with Gasteiger partial charge in [0.25, 0.3) is 25.2 Å². The number of nitrogens with zero attached hydrogens (tertiary/aromatic N) is 2. The van der Waals surface area contributed by atoms with E-state index in [2.05, 4.69) is 9.98 Å². The van der Waals surface area contributed by atoms with Crippen molar-refractivity contribution in [1.29, 1.82) is 0 Å². The van der Waals surface area contributed by atoms with Crippen molar-refractivity contribution in [2.75, 3.05) is 13.2 Å². The number of aromatic nitrogens is 1. The molecule has 0 aliphatic carbocycles. The Hall–Kier alpha value is -1.78. The van der Waals surface area contributed by atoms with Crippen LogP contribution in [0.25, 0.3) is 0 Å². The molecule has 0 amide bonds. The van der Waals surface area contributed by atoms with Gasteiger partial charge in [0.2, 0.25) is 4.24 Å². The number of thiazole rings is 1. The van der Waals surface area contributed by atoms with E-state index < -0.39 is 47.5 Å². The van der Waals surface area contributed by atoms with Crippen molar-refractivity contribution in [3.8, 4) is 5.19 Å². The maximum Gasteiger partial charge on any atom is 0.277 e. The number of nitrogens with two attached hydrogens (primary N) is 3. The van der Waals surface area contributed by atoms with Gasteiger partial charge in [-0.2, -0.15) is 0 Å². The van der Waals surface area contributed by atoms with Gasteiger partial charge < -0.3 is 21.3 Å². The Morgan fingerprint density at radius 3 is 2.59 bits per heavy atom. The zero-order valence-electron chi connectivity index (χ0n) is 14.4. The van der Waals surface area contributed by atoms with Gasteiger partial charge >= 0.3 is 0 Å². The zero-order chi connectivity index (χ0) is 20.6. The number of nitrogens with one attached hydrogen (secondary N) is 1. The lowest BCUT2D eigenvalue weighted by atomic mass is 10.0. The van der Waals surface area contributed by atoms with E-state index in [0.29, 0.717) is 10.9 Å². The quantitative estimate of drug-likeness (QED) is 0.311. The van der Waals surface area contributed by atoms with Gasteiger partial charge in [0.05, 0.1) is 17.8 Å². The molecule has 0 bridgehead atoms. The molecule has 2 rings (SSSR count). The summed E-state index contributed by atoms with van der Waals surface area (Å²) in [5, 5.41) is 16.8. The Morgan fingerprint density at radius 2 is 2.11 bits per heavy atom. The van der Waals surface area contributed by atoms with Crippen LogP contribution in [0.1, 0.15) is 19.5 Å². The minimum Gasteiger partial charge on any atom is -0.467 e. The molecule has 152 valence electrons. The molecule has 0 saturated heterocycles. The summed E-state index contributed by atoms with van der Waals surface area (Å²) in [6.45, 7) is 3.07. The van der Waals surface area contributed by atoms with Gasteiger partial charge in [0.15, 0.2) is 5.84 Å². The Morgan fingerprint density at radius 1 is 1.48 bits per heavy atom. The monoisotopic (exact) mass is 440 g/mol. The lowest BCUT2D eigenvalue weighted by Gasteiger charge is -2.14. The number of amidine groups is 1. The standard InChI is InChI=1S/C12H20N6O6S3/c1-12(2,14)7-5-25-11(17-7)24-4-6(19)3-16-9-8(13)10(26(15,20)21)27(22,23)18-9/h5-6,19H,3-4,13-14H2,1-2H3,(H,16,18)(H2,15,20,21). The third-order valence-corrected chi connectivity index (χ3v) is 7.23. The van der Waals surface area contributed by atoms with E-state index in [1.54, 1.807) is 19.2 Å². The Bertz CT molecular complexity index is 989. The highest BCUT2D eigenvalue weighted by Gasteiger charge is 2.40. The lowest BCUT2D eigenvalue weighted by molar-refractivity contribution is 0.114. The van der Waals surface area contributed by atoms with E-state index >= 15 is 0 Å². The highest BCUT2D eigenvalue weighted by atomic mass is 32.3. The first kappa shape index (κ1) is 21.5. The van der Waals surface area contributed by atoms with Crippen molar-refractivity contribution in [3.05, 3.63) is 21.0 Å². The fourth-order valence-electron chi connectivity index (χ4n) is 1.93. The van der Waals surface area contributed by atoms with Gasteiger partial charge in [-0.1, -0.05) is 11.3 Å². The van der Waals surface area contributed by atoms with Crippen LogP contribution >= 0.6 is 11.3 Å². The summed E-state index contributed by atoms with van der Waals surface area (Å²) in [6.07, 6.45) is -1.13. The molecule has 1 unspecified atom stereocenters. The topological polar surface area (TPSA) is 213 Å². The molecule has 0 radical (unpaired) electrons. The Labute approximate surface area is 160 Å². The molecule has 0 saturated carbocycles. The highest BCUT2D eigenvalue weighted by molar-refractivity contribution is 8.13. The first-order valence-corrected chi connectivity index (χ1v) is 11.3. The van der Waals surface area contributed by atoms with E-state index in [-0.39, 0.29) is 13.2 Å². The predicted octanol–water partition coefficient (Wildman–Crippen LogP) is -2.18. The number of sulfonamides is 2. The van der Waals surface area contributed by atoms with E-state index in [1.807, 2.05) is 4.72 Å². The van der Waals surface area contributed by atoms with E-state index in [9.17, 15) is 21.9 Å². The SMILES string of the molecule is CC(C)(N)c1csc(OCC(O)CN=C2NS(=O)(=O)C(S(N)(=O)=O)=C2N)n1. The van der Waals surface area contributed by atoms with Gasteiger partial charge in [-0.3, -0.25) is 9.71 Å². The number of rotatable bonds is 7. The van der Waals surface area contributed by atoms with Crippen molar-refractivity contribution < 1.29 is 26.7 Å². The second-order valence-electron chi connectivity index (χ2n) is 6.23. The van der Waals surface area contributed by atoms with Crippen LogP contribution in [0.5, 0.6) is 5.19 Å². The molecule has 1 aliphatic heterocycles. The van der Waals surface area contributed by atoms with Crippen LogP contribution < -0.4 is 26.1 Å². The fraction of sp³-hybridized carbons (Fsp3) is 0.500. The second kappa shape index (κ2) is 7.33. The van der Waals surface area contributed by atoms with Gasteiger partial charge in [0.1, 0.15) is 18.4 Å². The first-order chi connectivity index (χ1) is 12.2. The molecule has 0 fully saturated rings. The fourth-order valence-corrected chi connectivity index (χ4v) is 5.45. The number of aliphatic hydroxyl groups is 1. The number of aliphatic hydroxyl groups excluding tert-OH is 1. The van der Waals surface area contributed by atoms with E-state index in [1.165, 1.54) is 11.3 Å². The van der Waals surface area contributed by atoms with Gasteiger partial charge in [-0.25, -0.2) is 27.0 Å². The van der Waals surface area contributed by atoms with Crippen LogP contribution in [0, 0.1) is 0 Å². The number of aliphatic imine (C=N–C) groups is 1. The van der Waals surface area contributed by atoms with Crippen LogP contribution in [0.15, 0.2) is 20.3 Å². The summed E-state index contributed by atoms with van der Waals surface area (Å²) in [7, 11) is -9.00. The maximum absolute atomic E-state index is 11.8. The first-order valence-electron chi connectivity index (χ1n) is 7.38. The molecule has 1 aliphatic rings. The molecule has 0 spiro atoms. The predicted molar refractivity (Wildman–Crippen MR) is 99.5 cm³/mol. The molecular weight excluding hydrogens is 420 g/mol. The minimum absolute atomic E-state index is 0.187. The van der Waals surface area contributed by atoms with Crippen LogP contribution in [0.3, 0.4) is 0 Å². The minimum atomic E-state index is -4.57. The van der Waals surface area contributed by atoms with Crippen LogP contribution in [-0.4, -0.2) is 52.0 Å². The summed E-state index contributed by atoms with van der Waals surface area (Å²) in [4.78, 5) is 7.96. The largest absolute Gasteiger partial charge is 0.467 e. The van der Waals surface area contributed by atoms with Gasteiger partial charge in [-0.15, -0.1) is 0 Å². The van der Waals surface area contributed by atoms with E-state index in [4.69, 9.17) is 21.3 Å². The van der Waals surface area contributed by atoms with Crippen molar-refractivity contribution in [2.45, 2.75) is 25.5 Å². The summed E-state index contributed by atoms with van der Waals surface area (Å²) >= 11 is 1.21. The molecular formula is C12H20N6O6S3. The van der Waals surface area contributed by atoms with Crippen LogP contribution in [-0.2, 0) is 25.6 Å². The third-order valence-electron chi connectivity index (χ3n) is 3.21. The molecule has 1 aromatic heterocycles. The zero-order valence-corrected chi connectivity index (χ0v) is 16.9. The molecule has 1 atom stereocenters. The van der Waals surface area contributed by atoms with Gasteiger partial charge in [-0.05, 0) is 13.8 Å². The third kappa shape index (κ3) is 5.14. The molecule has 8 N–H and O–H groups in total. The summed E-state index contributed by atoms with van der Waals surface area (Å²) < 4.78 is 52.3. The summed E-state index contributed by atoms with van der Waals surface area (Å²) in [5.74, 6) is -0.417. The average molecular weight is 441 g/mol. The Balaban J connectivity index is 2.02. The van der Waals surface area contributed by atoms with E-state index in [0.717, 1.165) is 0 Å². The molecule has 12 nitrogen and oxygen atoms in total. The van der Waals surface area contributed by atoms with Crippen molar-refractivity contribution in [3.63, 3.8) is 0 Å². The molecule has 15 heteroatoms. The summed E-state index contributed by atoms with van der Waals surface area (Å²) in [6, 6.07) is 0. The summed E-state index contributed by atoms with van der Waals surface area (Å²) in [5.41, 5.74) is 10.8. The molecule has 2 heterocycles. The van der Waals surface area contributed by atoms with Crippen molar-refractivity contribution in [1.82, 2.24) is 9.71 Å². The smallest absolute Gasteiger partial charge is 0.277 e. The second-order valence-corrected chi connectivity index (χ2v) is 10.4. The van der Waals surface area contributed by atoms with Crippen molar-refractivity contribution in [2.24, 2.45) is 21.6 Å². The number of hydrogen-bond acceptors (Lipinski definition) is 11. The number of hydrogen-bond donors (Lipinski definition) is 5.